The highest BCUT2D eigenvalue weighted by Crippen LogP contribution is 2.27. The van der Waals surface area contributed by atoms with Gasteiger partial charge in [-0.3, -0.25) is 4.79 Å². The lowest BCUT2D eigenvalue weighted by Gasteiger charge is -2.21. The van der Waals surface area contributed by atoms with Crippen molar-refractivity contribution in [2.75, 3.05) is 0 Å². The SMILES string of the molecule is NC(CC(=O)CC1CCCCC1)c1ccccc1. The molecule has 0 saturated heterocycles. The van der Waals surface area contributed by atoms with Gasteiger partial charge in [-0.05, 0) is 11.5 Å². The number of rotatable bonds is 5. The van der Waals surface area contributed by atoms with E-state index in [0.717, 1.165) is 12.0 Å². The van der Waals surface area contributed by atoms with Crippen LogP contribution in [0.4, 0.5) is 0 Å². The molecule has 2 N–H and O–H groups in total. The lowest BCUT2D eigenvalue weighted by molar-refractivity contribution is -0.120. The summed E-state index contributed by atoms with van der Waals surface area (Å²) in [6.45, 7) is 0. The van der Waals surface area contributed by atoms with Crippen LogP contribution in [0.3, 0.4) is 0 Å². The Morgan fingerprint density at radius 3 is 2.50 bits per heavy atom. The zero-order valence-corrected chi connectivity index (χ0v) is 11.0. The molecular weight excluding hydrogens is 222 g/mol. The van der Waals surface area contributed by atoms with E-state index in [1.807, 2.05) is 30.3 Å². The maximum Gasteiger partial charge on any atom is 0.135 e. The fraction of sp³-hybridized carbons (Fsp3) is 0.562. The molecule has 1 aromatic carbocycles. The predicted molar refractivity (Wildman–Crippen MR) is 74.2 cm³/mol. The normalized spacial score (nSPS) is 18.5. The lowest BCUT2D eigenvalue weighted by Crippen LogP contribution is -2.18. The molecule has 1 aromatic rings. The molecule has 1 saturated carbocycles. The van der Waals surface area contributed by atoms with Crippen LogP contribution in [0.1, 0.15) is 56.6 Å². The second kappa shape index (κ2) is 6.69. The zero-order valence-electron chi connectivity index (χ0n) is 11.0. The highest BCUT2D eigenvalue weighted by molar-refractivity contribution is 5.79. The second-order valence-electron chi connectivity index (χ2n) is 5.47. The minimum absolute atomic E-state index is 0.137. The summed E-state index contributed by atoms with van der Waals surface area (Å²) < 4.78 is 0. The van der Waals surface area contributed by atoms with Gasteiger partial charge in [0.05, 0.1) is 0 Å². The quantitative estimate of drug-likeness (QED) is 0.861. The van der Waals surface area contributed by atoms with Gasteiger partial charge in [-0.15, -0.1) is 0 Å². The molecule has 0 spiro atoms. The van der Waals surface area contributed by atoms with Crippen LogP contribution in [0.2, 0.25) is 0 Å². The van der Waals surface area contributed by atoms with E-state index in [1.54, 1.807) is 0 Å². The Morgan fingerprint density at radius 2 is 1.83 bits per heavy atom. The van der Waals surface area contributed by atoms with Gasteiger partial charge in [0.15, 0.2) is 0 Å². The standard InChI is InChI=1S/C16H23NO/c17-16(14-9-5-2-6-10-14)12-15(18)11-13-7-3-1-4-8-13/h2,5-6,9-10,13,16H,1,3-4,7-8,11-12,17H2. The Kier molecular flexibility index (Phi) is 4.94. The molecule has 1 unspecified atom stereocenters. The highest BCUT2D eigenvalue weighted by Gasteiger charge is 2.18. The van der Waals surface area contributed by atoms with Gasteiger partial charge in [0.1, 0.15) is 5.78 Å². The molecule has 18 heavy (non-hydrogen) atoms. The third-order valence-electron chi connectivity index (χ3n) is 3.92. The van der Waals surface area contributed by atoms with Gasteiger partial charge in [-0.2, -0.15) is 0 Å². The maximum absolute atomic E-state index is 12.0. The van der Waals surface area contributed by atoms with Gasteiger partial charge in [0.25, 0.3) is 0 Å². The van der Waals surface area contributed by atoms with Crippen molar-refractivity contribution in [2.24, 2.45) is 11.7 Å². The predicted octanol–water partition coefficient (Wildman–Crippen LogP) is 3.62. The number of benzene rings is 1. The minimum atomic E-state index is -0.137. The summed E-state index contributed by atoms with van der Waals surface area (Å²) in [4.78, 5) is 12.0. The van der Waals surface area contributed by atoms with Crippen LogP contribution in [-0.4, -0.2) is 5.78 Å². The molecule has 0 radical (unpaired) electrons. The van der Waals surface area contributed by atoms with E-state index >= 15 is 0 Å². The summed E-state index contributed by atoms with van der Waals surface area (Å²) in [6.07, 6.45) is 7.61. The Bertz CT molecular complexity index is 368. The van der Waals surface area contributed by atoms with Crippen molar-refractivity contribution in [2.45, 2.75) is 51.0 Å². The van der Waals surface area contributed by atoms with Crippen LogP contribution in [0.15, 0.2) is 30.3 Å². The molecule has 0 amide bonds. The summed E-state index contributed by atoms with van der Waals surface area (Å²) in [5.41, 5.74) is 7.14. The van der Waals surface area contributed by atoms with Crippen LogP contribution in [0, 0.1) is 5.92 Å². The monoisotopic (exact) mass is 245 g/mol. The molecule has 1 aliphatic rings. The molecule has 1 fully saturated rings. The molecule has 0 aromatic heterocycles. The highest BCUT2D eigenvalue weighted by atomic mass is 16.1. The van der Waals surface area contributed by atoms with Gasteiger partial charge in [-0.25, -0.2) is 0 Å². The van der Waals surface area contributed by atoms with Crippen molar-refractivity contribution in [3.63, 3.8) is 0 Å². The molecule has 98 valence electrons. The summed E-state index contributed by atoms with van der Waals surface area (Å²) >= 11 is 0. The van der Waals surface area contributed by atoms with Gasteiger partial charge >= 0.3 is 0 Å². The molecule has 0 heterocycles. The molecule has 1 aliphatic carbocycles. The van der Waals surface area contributed by atoms with E-state index in [9.17, 15) is 4.79 Å². The molecule has 0 aliphatic heterocycles. The third kappa shape index (κ3) is 3.95. The van der Waals surface area contributed by atoms with Crippen molar-refractivity contribution in [3.8, 4) is 0 Å². The maximum atomic E-state index is 12.0. The van der Waals surface area contributed by atoms with Crippen LogP contribution in [0.25, 0.3) is 0 Å². The van der Waals surface area contributed by atoms with Crippen molar-refractivity contribution in [3.05, 3.63) is 35.9 Å². The first-order valence-electron chi connectivity index (χ1n) is 7.08. The topological polar surface area (TPSA) is 43.1 Å². The largest absolute Gasteiger partial charge is 0.324 e. The number of hydrogen-bond donors (Lipinski definition) is 1. The summed E-state index contributed by atoms with van der Waals surface area (Å²) in [6, 6.07) is 9.78. The van der Waals surface area contributed by atoms with E-state index in [1.165, 1.54) is 32.1 Å². The Hall–Kier alpha value is -1.15. The van der Waals surface area contributed by atoms with Gasteiger partial charge in [0, 0.05) is 18.9 Å². The van der Waals surface area contributed by atoms with Crippen molar-refractivity contribution >= 4 is 5.78 Å². The number of carbonyl (C=O) groups excluding carboxylic acids is 1. The zero-order chi connectivity index (χ0) is 12.8. The molecule has 1 atom stereocenters. The van der Waals surface area contributed by atoms with Gasteiger partial charge in [-0.1, -0.05) is 62.4 Å². The number of hydrogen-bond acceptors (Lipinski definition) is 2. The number of ketones is 1. The Labute approximate surface area is 110 Å². The molecule has 2 nitrogen and oxygen atoms in total. The smallest absolute Gasteiger partial charge is 0.135 e. The lowest BCUT2D eigenvalue weighted by atomic mass is 9.84. The first kappa shape index (κ1) is 13.3. The first-order chi connectivity index (χ1) is 8.75. The first-order valence-corrected chi connectivity index (χ1v) is 7.08. The Morgan fingerprint density at radius 1 is 1.17 bits per heavy atom. The summed E-state index contributed by atoms with van der Waals surface area (Å²) in [7, 11) is 0. The second-order valence-corrected chi connectivity index (χ2v) is 5.47. The van der Waals surface area contributed by atoms with Crippen LogP contribution in [0.5, 0.6) is 0 Å². The van der Waals surface area contributed by atoms with Crippen LogP contribution >= 0.6 is 0 Å². The number of nitrogens with two attached hydrogens (primary N) is 1. The fourth-order valence-electron chi connectivity index (χ4n) is 2.86. The van der Waals surface area contributed by atoms with Crippen molar-refractivity contribution < 1.29 is 4.79 Å². The van der Waals surface area contributed by atoms with Gasteiger partial charge < -0.3 is 5.73 Å². The molecule has 2 heteroatoms. The third-order valence-corrected chi connectivity index (χ3v) is 3.92. The fourth-order valence-corrected chi connectivity index (χ4v) is 2.86. The van der Waals surface area contributed by atoms with Gasteiger partial charge in [0.2, 0.25) is 0 Å². The van der Waals surface area contributed by atoms with E-state index in [-0.39, 0.29) is 6.04 Å². The Balaban J connectivity index is 1.80. The molecule has 0 bridgehead atoms. The van der Waals surface area contributed by atoms with Crippen LogP contribution < -0.4 is 5.73 Å². The van der Waals surface area contributed by atoms with Crippen LogP contribution in [-0.2, 0) is 4.79 Å². The average Bonchev–Trinajstić information content (AvgIpc) is 2.40. The molecule has 2 rings (SSSR count). The number of carbonyl (C=O) groups is 1. The average molecular weight is 245 g/mol. The van der Waals surface area contributed by atoms with E-state index in [0.29, 0.717) is 18.1 Å². The number of Topliss-reactive ketones (excluding diaryl/α,β-unsaturated/α-hetero) is 1. The van der Waals surface area contributed by atoms with E-state index in [2.05, 4.69) is 0 Å². The van der Waals surface area contributed by atoms with Crippen molar-refractivity contribution in [1.82, 2.24) is 0 Å². The van der Waals surface area contributed by atoms with E-state index < -0.39 is 0 Å². The summed E-state index contributed by atoms with van der Waals surface area (Å²) in [5.74, 6) is 0.951. The summed E-state index contributed by atoms with van der Waals surface area (Å²) in [5, 5.41) is 0. The molecular formula is C16H23NO. The van der Waals surface area contributed by atoms with E-state index in [4.69, 9.17) is 5.73 Å². The minimum Gasteiger partial charge on any atom is -0.324 e. The van der Waals surface area contributed by atoms with Crippen molar-refractivity contribution in [1.29, 1.82) is 0 Å².